The van der Waals surface area contributed by atoms with Crippen LogP contribution in [-0.2, 0) is 4.79 Å². The van der Waals surface area contributed by atoms with Crippen LogP contribution in [0.4, 0.5) is 0 Å². The molecule has 1 amide bonds. The van der Waals surface area contributed by atoms with E-state index >= 15 is 0 Å². The molecule has 3 fully saturated rings. The first-order chi connectivity index (χ1) is 14.6. The number of likely N-dealkylation sites (tertiary alicyclic amines) is 2. The number of amides is 1. The van der Waals surface area contributed by atoms with Crippen molar-refractivity contribution in [1.29, 1.82) is 0 Å². The van der Waals surface area contributed by atoms with Gasteiger partial charge in [-0.3, -0.25) is 9.69 Å². The first-order valence-corrected chi connectivity index (χ1v) is 11.7. The van der Waals surface area contributed by atoms with Gasteiger partial charge in [-0.05, 0) is 68.7 Å². The first-order valence-electron chi connectivity index (χ1n) is 11.7. The second-order valence-electron chi connectivity index (χ2n) is 9.11. The minimum Gasteiger partial charge on any atom is -0.494 e. The molecule has 2 saturated heterocycles. The minimum atomic E-state index is -0.459. The number of benzene rings is 1. The van der Waals surface area contributed by atoms with Crippen molar-refractivity contribution in [3.05, 3.63) is 24.3 Å². The molecule has 4 atom stereocenters. The van der Waals surface area contributed by atoms with Crippen molar-refractivity contribution in [3.63, 3.8) is 0 Å². The Hall–Kier alpha value is -1.79. The number of carbonyl (C=O) groups excluding carboxylic acids is 1. The normalized spacial score (nSPS) is 29.9. The van der Waals surface area contributed by atoms with Crippen LogP contribution in [0.25, 0.3) is 0 Å². The fourth-order valence-electron chi connectivity index (χ4n) is 5.31. The van der Waals surface area contributed by atoms with Crippen LogP contribution in [0.1, 0.15) is 45.4 Å². The molecule has 166 valence electrons. The van der Waals surface area contributed by atoms with Crippen molar-refractivity contribution in [3.8, 4) is 11.5 Å². The number of hydrogen-bond donors (Lipinski definition) is 1. The highest BCUT2D eigenvalue weighted by Crippen LogP contribution is 2.38. The van der Waals surface area contributed by atoms with E-state index in [-0.39, 0.29) is 12.0 Å². The van der Waals surface area contributed by atoms with Crippen molar-refractivity contribution in [1.82, 2.24) is 9.80 Å². The summed E-state index contributed by atoms with van der Waals surface area (Å²) in [5.41, 5.74) is 0. The summed E-state index contributed by atoms with van der Waals surface area (Å²) < 4.78 is 11.6. The fourth-order valence-corrected chi connectivity index (χ4v) is 5.31. The highest BCUT2D eigenvalue weighted by molar-refractivity contribution is 5.78. The molecule has 2 heterocycles. The Balaban J connectivity index is 1.29. The third kappa shape index (κ3) is 5.27. The third-order valence-electron chi connectivity index (χ3n) is 6.90. The molecule has 6 heteroatoms. The van der Waals surface area contributed by atoms with Gasteiger partial charge in [-0.25, -0.2) is 0 Å². The molecular formula is C24H36N2O4. The molecule has 0 unspecified atom stereocenters. The highest BCUT2D eigenvalue weighted by Gasteiger charge is 2.43. The lowest BCUT2D eigenvalue weighted by Gasteiger charge is -2.35. The summed E-state index contributed by atoms with van der Waals surface area (Å²) in [4.78, 5) is 17.1. The van der Waals surface area contributed by atoms with E-state index in [1.165, 1.54) is 12.8 Å². The molecule has 1 N–H and O–H groups in total. The summed E-state index contributed by atoms with van der Waals surface area (Å²) >= 11 is 0. The molecular weight excluding hydrogens is 380 g/mol. The summed E-state index contributed by atoms with van der Waals surface area (Å²) in [5.74, 6) is 2.81. The SMILES string of the molecule is CCOc1ccc(O[C@@H]2C[C@@H]3CN(CC(=O)N4CCCCCC4)C[C@@H]3C[C@H]2O)cc1. The van der Waals surface area contributed by atoms with E-state index in [9.17, 15) is 9.90 Å². The molecule has 1 aromatic carbocycles. The van der Waals surface area contributed by atoms with Gasteiger partial charge in [0.15, 0.2) is 0 Å². The van der Waals surface area contributed by atoms with Crippen molar-refractivity contribution >= 4 is 5.91 Å². The summed E-state index contributed by atoms with van der Waals surface area (Å²) in [6.07, 6.45) is 5.69. The number of aliphatic hydroxyl groups is 1. The van der Waals surface area contributed by atoms with E-state index in [0.717, 1.165) is 63.4 Å². The molecule has 0 radical (unpaired) electrons. The Morgan fingerprint density at radius 3 is 2.30 bits per heavy atom. The zero-order chi connectivity index (χ0) is 20.9. The smallest absolute Gasteiger partial charge is 0.236 e. The van der Waals surface area contributed by atoms with Gasteiger partial charge in [0.05, 0.1) is 19.3 Å². The molecule has 1 aliphatic carbocycles. The Labute approximate surface area is 180 Å². The molecule has 0 spiro atoms. The number of ether oxygens (including phenoxy) is 2. The standard InChI is InChI=1S/C24H36N2O4/c1-2-29-20-7-9-21(10-8-20)30-23-14-19-16-25(15-18(19)13-22(23)27)17-24(28)26-11-5-3-4-6-12-26/h7-10,18-19,22-23,27H,2-6,11-17H2,1H3/t18-,19+,22+,23+/m0/s1. The van der Waals surface area contributed by atoms with Crippen LogP contribution in [-0.4, -0.2) is 72.4 Å². The van der Waals surface area contributed by atoms with Crippen LogP contribution in [0.5, 0.6) is 11.5 Å². The zero-order valence-corrected chi connectivity index (χ0v) is 18.2. The number of rotatable bonds is 6. The molecule has 6 nitrogen and oxygen atoms in total. The number of nitrogens with zero attached hydrogens (tertiary/aromatic N) is 2. The first kappa shape index (κ1) is 21.4. The van der Waals surface area contributed by atoms with Gasteiger partial charge in [0.2, 0.25) is 5.91 Å². The van der Waals surface area contributed by atoms with E-state index in [0.29, 0.717) is 25.0 Å². The largest absolute Gasteiger partial charge is 0.494 e. The Morgan fingerprint density at radius 2 is 1.63 bits per heavy atom. The van der Waals surface area contributed by atoms with Gasteiger partial charge in [-0.15, -0.1) is 0 Å². The maximum Gasteiger partial charge on any atom is 0.236 e. The van der Waals surface area contributed by atoms with Crippen LogP contribution < -0.4 is 9.47 Å². The quantitative estimate of drug-likeness (QED) is 0.773. The number of aliphatic hydroxyl groups excluding tert-OH is 1. The third-order valence-corrected chi connectivity index (χ3v) is 6.90. The Kier molecular flexibility index (Phi) is 7.16. The van der Waals surface area contributed by atoms with Crippen LogP contribution in [0, 0.1) is 11.8 Å². The Morgan fingerprint density at radius 1 is 1.00 bits per heavy atom. The lowest BCUT2D eigenvalue weighted by atomic mass is 9.78. The van der Waals surface area contributed by atoms with Gasteiger partial charge >= 0.3 is 0 Å². The van der Waals surface area contributed by atoms with Gasteiger partial charge in [-0.2, -0.15) is 0 Å². The van der Waals surface area contributed by atoms with Crippen LogP contribution in [0.2, 0.25) is 0 Å². The Bertz CT molecular complexity index is 687. The van der Waals surface area contributed by atoms with Gasteiger partial charge in [-0.1, -0.05) is 12.8 Å². The van der Waals surface area contributed by atoms with Crippen molar-refractivity contribution < 1.29 is 19.4 Å². The maximum absolute atomic E-state index is 12.8. The molecule has 1 aromatic rings. The van der Waals surface area contributed by atoms with Gasteiger partial charge in [0, 0.05) is 26.2 Å². The van der Waals surface area contributed by atoms with Crippen molar-refractivity contribution in [2.45, 2.75) is 57.7 Å². The van der Waals surface area contributed by atoms with E-state index in [2.05, 4.69) is 9.80 Å². The summed E-state index contributed by atoms with van der Waals surface area (Å²) in [7, 11) is 0. The average Bonchev–Trinajstić information content (AvgIpc) is 2.93. The molecule has 1 saturated carbocycles. The van der Waals surface area contributed by atoms with E-state index in [1.807, 2.05) is 31.2 Å². The zero-order valence-electron chi connectivity index (χ0n) is 18.2. The minimum absolute atomic E-state index is 0.189. The lowest BCUT2D eigenvalue weighted by Crippen LogP contribution is -2.42. The van der Waals surface area contributed by atoms with E-state index in [1.54, 1.807) is 0 Å². The van der Waals surface area contributed by atoms with Gasteiger partial charge < -0.3 is 19.5 Å². The fraction of sp³-hybridized carbons (Fsp3) is 0.708. The van der Waals surface area contributed by atoms with Crippen molar-refractivity contribution in [2.75, 3.05) is 39.3 Å². The molecule has 3 aliphatic rings. The summed E-state index contributed by atoms with van der Waals surface area (Å²) in [6.45, 7) is 6.80. The van der Waals surface area contributed by atoms with E-state index in [4.69, 9.17) is 9.47 Å². The predicted octanol–water partition coefficient (Wildman–Crippen LogP) is 2.94. The van der Waals surface area contributed by atoms with Gasteiger partial charge in [0.1, 0.15) is 17.6 Å². The monoisotopic (exact) mass is 416 g/mol. The van der Waals surface area contributed by atoms with Crippen molar-refractivity contribution in [2.24, 2.45) is 11.8 Å². The molecule has 30 heavy (non-hydrogen) atoms. The van der Waals surface area contributed by atoms with Crippen LogP contribution in [0.3, 0.4) is 0 Å². The van der Waals surface area contributed by atoms with Gasteiger partial charge in [0.25, 0.3) is 0 Å². The number of hydrogen-bond acceptors (Lipinski definition) is 5. The second kappa shape index (κ2) is 10.0. The van der Waals surface area contributed by atoms with Crippen LogP contribution in [0.15, 0.2) is 24.3 Å². The lowest BCUT2D eigenvalue weighted by molar-refractivity contribution is -0.132. The van der Waals surface area contributed by atoms with E-state index < -0.39 is 6.10 Å². The number of carbonyl (C=O) groups is 1. The highest BCUT2D eigenvalue weighted by atomic mass is 16.5. The predicted molar refractivity (Wildman–Crippen MR) is 116 cm³/mol. The number of fused-ring (bicyclic) bond motifs is 1. The molecule has 0 aromatic heterocycles. The molecule has 4 rings (SSSR count). The second-order valence-corrected chi connectivity index (χ2v) is 9.11. The summed E-state index contributed by atoms with van der Waals surface area (Å²) in [6, 6.07) is 7.63. The molecule has 2 aliphatic heterocycles. The topological polar surface area (TPSA) is 62.2 Å². The summed E-state index contributed by atoms with van der Waals surface area (Å²) in [5, 5.41) is 10.7. The van der Waals surface area contributed by atoms with Crippen LogP contribution >= 0.6 is 0 Å². The maximum atomic E-state index is 12.8. The average molecular weight is 417 g/mol. The molecule has 0 bridgehead atoms.